The molecule has 2 aliphatic heterocycles. The van der Waals surface area contributed by atoms with Gasteiger partial charge in [0.1, 0.15) is 0 Å². The van der Waals surface area contributed by atoms with Crippen LogP contribution in [0.5, 0.6) is 5.75 Å². The van der Waals surface area contributed by atoms with Crippen molar-refractivity contribution in [2.75, 3.05) is 40.3 Å². The highest BCUT2D eigenvalue weighted by Crippen LogP contribution is 2.35. The van der Waals surface area contributed by atoms with Gasteiger partial charge in [0.15, 0.2) is 5.75 Å². The van der Waals surface area contributed by atoms with Gasteiger partial charge < -0.3 is 9.64 Å². The largest absolute Gasteiger partial charge is 0.490 e. The van der Waals surface area contributed by atoms with Crippen LogP contribution < -0.4 is 4.74 Å². The first kappa shape index (κ1) is 17.9. The molecule has 0 unspecified atom stereocenters. The van der Waals surface area contributed by atoms with Crippen molar-refractivity contribution in [3.63, 3.8) is 0 Å². The maximum absolute atomic E-state index is 11.2. The van der Waals surface area contributed by atoms with Crippen LogP contribution in [0.1, 0.15) is 30.4 Å². The molecule has 0 radical (unpaired) electrons. The van der Waals surface area contributed by atoms with Gasteiger partial charge in [0.25, 0.3) is 0 Å². The number of ether oxygens (including phenoxy) is 1. The zero-order valence-electron chi connectivity index (χ0n) is 15.3. The van der Waals surface area contributed by atoms with Crippen molar-refractivity contribution in [1.29, 1.82) is 0 Å². The third kappa shape index (κ3) is 3.85. The third-order valence-electron chi connectivity index (χ3n) is 5.51. The number of methoxy groups -OCH3 is 1. The van der Waals surface area contributed by atoms with Crippen LogP contribution in [0.2, 0.25) is 0 Å². The van der Waals surface area contributed by atoms with Gasteiger partial charge in [-0.25, -0.2) is 0 Å². The van der Waals surface area contributed by atoms with Crippen LogP contribution in [0, 0.1) is 17.0 Å². The van der Waals surface area contributed by atoms with E-state index in [0.717, 1.165) is 30.6 Å². The fourth-order valence-corrected chi connectivity index (χ4v) is 3.95. The summed E-state index contributed by atoms with van der Waals surface area (Å²) < 4.78 is 5.24. The van der Waals surface area contributed by atoms with Crippen LogP contribution >= 0.6 is 0 Å². The van der Waals surface area contributed by atoms with Crippen LogP contribution in [0.15, 0.2) is 18.2 Å². The van der Waals surface area contributed by atoms with E-state index in [9.17, 15) is 10.1 Å². The van der Waals surface area contributed by atoms with Crippen LogP contribution in [0.3, 0.4) is 0 Å². The minimum atomic E-state index is -0.382. The Kier molecular flexibility index (Phi) is 5.39. The van der Waals surface area contributed by atoms with Gasteiger partial charge in [-0.15, -0.1) is 0 Å². The second-order valence-corrected chi connectivity index (χ2v) is 7.10. The SMILES string of the molecule is COc1cc(C2=CCN(C3CCN(C)CC3)CC2)c(C)cc1[N+](=O)[O-]. The molecule has 136 valence electrons. The lowest BCUT2D eigenvalue weighted by atomic mass is 9.93. The molecule has 1 aromatic rings. The smallest absolute Gasteiger partial charge is 0.311 e. The van der Waals surface area contributed by atoms with Gasteiger partial charge in [-0.2, -0.15) is 0 Å². The Morgan fingerprint density at radius 3 is 2.52 bits per heavy atom. The molecule has 6 nitrogen and oxygen atoms in total. The number of hydrogen-bond donors (Lipinski definition) is 0. The first-order chi connectivity index (χ1) is 12.0. The maximum atomic E-state index is 11.2. The summed E-state index contributed by atoms with van der Waals surface area (Å²) in [5.74, 6) is 0.337. The molecular formula is C19H27N3O3. The van der Waals surface area contributed by atoms with Crippen LogP contribution in [0.25, 0.3) is 5.57 Å². The zero-order valence-corrected chi connectivity index (χ0v) is 15.3. The maximum Gasteiger partial charge on any atom is 0.311 e. The summed E-state index contributed by atoms with van der Waals surface area (Å²) in [5, 5.41) is 11.2. The summed E-state index contributed by atoms with van der Waals surface area (Å²) in [6.07, 6.45) is 5.75. The number of likely N-dealkylation sites (tertiary alicyclic amines) is 1. The molecule has 0 bridgehead atoms. The molecule has 2 aliphatic rings. The molecule has 0 saturated carbocycles. The average molecular weight is 345 g/mol. The fourth-order valence-electron chi connectivity index (χ4n) is 3.95. The van der Waals surface area contributed by atoms with E-state index in [1.807, 2.05) is 13.0 Å². The molecule has 0 amide bonds. The summed E-state index contributed by atoms with van der Waals surface area (Å²) in [4.78, 5) is 15.8. The summed E-state index contributed by atoms with van der Waals surface area (Å²) in [5.41, 5.74) is 3.32. The fraction of sp³-hybridized carbons (Fsp3) is 0.579. The van der Waals surface area contributed by atoms with Crippen LogP contribution in [0.4, 0.5) is 5.69 Å². The molecule has 1 fully saturated rings. The Morgan fingerprint density at radius 2 is 1.96 bits per heavy atom. The number of benzene rings is 1. The molecule has 25 heavy (non-hydrogen) atoms. The number of aryl methyl sites for hydroxylation is 1. The molecule has 0 spiro atoms. The van der Waals surface area contributed by atoms with Gasteiger partial charge >= 0.3 is 5.69 Å². The first-order valence-corrected chi connectivity index (χ1v) is 8.94. The van der Waals surface area contributed by atoms with Gasteiger partial charge in [-0.1, -0.05) is 6.08 Å². The molecule has 0 aromatic heterocycles. The number of rotatable bonds is 4. The highest BCUT2D eigenvalue weighted by molar-refractivity contribution is 5.72. The molecule has 0 N–H and O–H groups in total. The Bertz CT molecular complexity index is 679. The van der Waals surface area contributed by atoms with Crippen molar-refractivity contribution in [3.8, 4) is 5.75 Å². The van der Waals surface area contributed by atoms with E-state index in [4.69, 9.17) is 4.74 Å². The van der Waals surface area contributed by atoms with E-state index in [1.54, 1.807) is 6.07 Å². The average Bonchev–Trinajstić information content (AvgIpc) is 2.62. The predicted octanol–water partition coefficient (Wildman–Crippen LogP) is 3.10. The molecule has 1 aromatic carbocycles. The van der Waals surface area contributed by atoms with Gasteiger partial charge in [0.05, 0.1) is 12.0 Å². The second kappa shape index (κ2) is 7.54. The van der Waals surface area contributed by atoms with Crippen LogP contribution in [-0.4, -0.2) is 61.1 Å². The molecular weight excluding hydrogens is 318 g/mol. The van der Waals surface area contributed by atoms with Crippen molar-refractivity contribution in [2.45, 2.75) is 32.2 Å². The molecule has 3 rings (SSSR count). The molecule has 2 heterocycles. The highest BCUT2D eigenvalue weighted by Gasteiger charge is 2.26. The van der Waals surface area contributed by atoms with Gasteiger partial charge in [0, 0.05) is 25.2 Å². The number of nitrogens with zero attached hydrogens (tertiary/aromatic N) is 3. The van der Waals surface area contributed by atoms with Crippen molar-refractivity contribution < 1.29 is 9.66 Å². The topological polar surface area (TPSA) is 58.8 Å². The van der Waals surface area contributed by atoms with E-state index in [2.05, 4.69) is 22.9 Å². The molecule has 1 saturated heterocycles. The van der Waals surface area contributed by atoms with Gasteiger partial charge in [-0.3, -0.25) is 15.0 Å². The first-order valence-electron chi connectivity index (χ1n) is 8.94. The minimum Gasteiger partial charge on any atom is -0.490 e. The van der Waals surface area contributed by atoms with Gasteiger partial charge in [0.2, 0.25) is 0 Å². The lowest BCUT2D eigenvalue weighted by molar-refractivity contribution is -0.385. The lowest BCUT2D eigenvalue weighted by Crippen LogP contribution is -2.45. The van der Waals surface area contributed by atoms with Crippen molar-refractivity contribution >= 4 is 11.3 Å². The minimum absolute atomic E-state index is 0.0353. The quantitative estimate of drug-likeness (QED) is 0.620. The predicted molar refractivity (Wildman–Crippen MR) is 99.1 cm³/mol. The van der Waals surface area contributed by atoms with E-state index in [1.165, 1.54) is 38.6 Å². The van der Waals surface area contributed by atoms with E-state index in [0.29, 0.717) is 11.8 Å². The monoisotopic (exact) mass is 345 g/mol. The summed E-state index contributed by atoms with van der Waals surface area (Å²) in [7, 11) is 3.67. The normalized spacial score (nSPS) is 20.4. The summed E-state index contributed by atoms with van der Waals surface area (Å²) >= 11 is 0. The van der Waals surface area contributed by atoms with E-state index in [-0.39, 0.29) is 10.6 Å². The number of nitro groups is 1. The summed E-state index contributed by atoms with van der Waals surface area (Å²) in [6, 6.07) is 4.13. The number of piperidine rings is 1. The second-order valence-electron chi connectivity index (χ2n) is 7.10. The Hall–Kier alpha value is -1.92. The van der Waals surface area contributed by atoms with Crippen LogP contribution in [-0.2, 0) is 0 Å². The third-order valence-corrected chi connectivity index (χ3v) is 5.51. The summed E-state index contributed by atoms with van der Waals surface area (Å²) in [6.45, 7) is 6.31. The number of nitro benzene ring substituents is 1. The molecule has 0 atom stereocenters. The molecule has 6 heteroatoms. The zero-order chi connectivity index (χ0) is 18.0. The lowest BCUT2D eigenvalue weighted by Gasteiger charge is -2.38. The Morgan fingerprint density at radius 1 is 1.24 bits per heavy atom. The van der Waals surface area contributed by atoms with Crippen molar-refractivity contribution in [1.82, 2.24) is 9.80 Å². The van der Waals surface area contributed by atoms with Gasteiger partial charge in [-0.05, 0) is 69.1 Å². The Balaban J connectivity index is 1.76. The number of hydrogen-bond acceptors (Lipinski definition) is 5. The Labute approximate surface area is 149 Å². The van der Waals surface area contributed by atoms with E-state index < -0.39 is 0 Å². The van der Waals surface area contributed by atoms with Crippen molar-refractivity contribution in [2.24, 2.45) is 0 Å². The van der Waals surface area contributed by atoms with Crippen molar-refractivity contribution in [3.05, 3.63) is 39.4 Å². The highest BCUT2D eigenvalue weighted by atomic mass is 16.6. The molecule has 0 aliphatic carbocycles. The van der Waals surface area contributed by atoms with E-state index >= 15 is 0 Å². The standard InChI is InChI=1S/C19H27N3O3/c1-14-12-18(22(23)24)19(25-3)13-17(14)15-4-10-21(11-5-15)16-6-8-20(2)9-7-16/h4,12-13,16H,5-11H2,1-3H3.